The Labute approximate surface area is 89.7 Å². The number of fused-ring (bicyclic) bond motifs is 2. The van der Waals surface area contributed by atoms with Gasteiger partial charge in [0.25, 0.3) is 0 Å². The van der Waals surface area contributed by atoms with Crippen LogP contribution in [0.4, 0.5) is 0 Å². The number of aromatic amines is 1. The van der Waals surface area contributed by atoms with Crippen molar-refractivity contribution in [2.45, 2.75) is 50.4 Å². The van der Waals surface area contributed by atoms with Gasteiger partial charge in [-0.25, -0.2) is 4.98 Å². The Morgan fingerprint density at radius 1 is 1.07 bits per heavy atom. The van der Waals surface area contributed by atoms with Crippen LogP contribution in [0.2, 0.25) is 0 Å². The molecule has 1 heterocycles. The van der Waals surface area contributed by atoms with Crippen molar-refractivity contribution in [3.05, 3.63) is 11.6 Å². The van der Waals surface area contributed by atoms with E-state index in [-0.39, 0.29) is 0 Å². The summed E-state index contributed by atoms with van der Waals surface area (Å²) in [6.07, 6.45) is 8.30. The average molecular weight is 203 g/mol. The highest BCUT2D eigenvalue weighted by Crippen LogP contribution is 2.52. The zero-order valence-electron chi connectivity index (χ0n) is 8.95. The predicted molar refractivity (Wildman–Crippen MR) is 56.5 cm³/mol. The first-order valence-corrected chi connectivity index (χ1v) is 6.32. The van der Waals surface area contributed by atoms with Gasteiger partial charge in [-0.15, -0.1) is 0 Å². The first kappa shape index (κ1) is 8.31. The maximum Gasteiger partial charge on any atom is 0.153 e. The maximum absolute atomic E-state index is 4.71. The maximum atomic E-state index is 4.71. The van der Waals surface area contributed by atoms with Gasteiger partial charge in [-0.1, -0.05) is 6.42 Å². The molecule has 4 rings (SSSR count). The zero-order valence-corrected chi connectivity index (χ0v) is 8.95. The molecule has 0 spiro atoms. The summed E-state index contributed by atoms with van der Waals surface area (Å²) in [5, 5.41) is 7.56. The van der Waals surface area contributed by atoms with E-state index in [2.05, 4.69) is 10.2 Å². The van der Waals surface area contributed by atoms with Gasteiger partial charge in [-0.3, -0.25) is 5.10 Å². The first-order valence-electron chi connectivity index (χ1n) is 6.32. The third-order valence-electron chi connectivity index (χ3n) is 4.55. The summed E-state index contributed by atoms with van der Waals surface area (Å²) in [5.74, 6) is 5.60. The molecule has 0 aromatic carbocycles. The van der Waals surface area contributed by atoms with Gasteiger partial charge >= 0.3 is 0 Å². The standard InChI is InChI=1S/C12H17N3/c1-2-9-5-7(1)6-10(9)12-13-11(14-15-12)8-3-4-8/h7-10H,1-6H2,(H,13,14,15). The Morgan fingerprint density at radius 3 is 2.67 bits per heavy atom. The van der Waals surface area contributed by atoms with Crippen molar-refractivity contribution in [3.63, 3.8) is 0 Å². The number of H-pyrrole nitrogens is 1. The molecule has 15 heavy (non-hydrogen) atoms. The number of nitrogens with zero attached hydrogens (tertiary/aromatic N) is 2. The highest BCUT2D eigenvalue weighted by molar-refractivity contribution is 5.11. The quantitative estimate of drug-likeness (QED) is 0.802. The Morgan fingerprint density at radius 2 is 2.00 bits per heavy atom. The number of hydrogen-bond donors (Lipinski definition) is 1. The van der Waals surface area contributed by atoms with Crippen molar-refractivity contribution in [1.29, 1.82) is 0 Å². The minimum absolute atomic E-state index is 0.689. The largest absolute Gasteiger partial charge is 0.263 e. The molecule has 3 aliphatic rings. The van der Waals surface area contributed by atoms with Crippen molar-refractivity contribution < 1.29 is 0 Å². The van der Waals surface area contributed by atoms with E-state index in [1.54, 1.807) is 0 Å². The van der Waals surface area contributed by atoms with Gasteiger partial charge in [0, 0.05) is 11.8 Å². The van der Waals surface area contributed by atoms with Gasteiger partial charge in [0.2, 0.25) is 0 Å². The lowest BCUT2D eigenvalue weighted by Gasteiger charge is -2.18. The molecule has 1 aromatic heterocycles. The molecular weight excluding hydrogens is 186 g/mol. The molecule has 3 saturated carbocycles. The van der Waals surface area contributed by atoms with Crippen LogP contribution in [0.25, 0.3) is 0 Å². The van der Waals surface area contributed by atoms with Crippen LogP contribution in [0.5, 0.6) is 0 Å². The van der Waals surface area contributed by atoms with Crippen molar-refractivity contribution in [3.8, 4) is 0 Å². The molecule has 2 bridgehead atoms. The molecule has 0 radical (unpaired) electrons. The fraction of sp³-hybridized carbons (Fsp3) is 0.833. The normalized spacial score (nSPS) is 38.8. The Balaban J connectivity index is 1.60. The zero-order chi connectivity index (χ0) is 9.83. The lowest BCUT2D eigenvalue weighted by Crippen LogP contribution is -2.10. The highest BCUT2D eigenvalue weighted by Gasteiger charge is 2.42. The Bertz CT molecular complexity index is 380. The van der Waals surface area contributed by atoms with Gasteiger partial charge in [-0.2, -0.15) is 5.10 Å². The molecule has 1 aromatic rings. The van der Waals surface area contributed by atoms with Gasteiger partial charge in [0.15, 0.2) is 5.82 Å². The highest BCUT2D eigenvalue weighted by atomic mass is 15.2. The van der Waals surface area contributed by atoms with Crippen LogP contribution in [0.15, 0.2) is 0 Å². The van der Waals surface area contributed by atoms with E-state index in [0.717, 1.165) is 17.7 Å². The minimum atomic E-state index is 0.689. The van der Waals surface area contributed by atoms with E-state index in [1.165, 1.54) is 44.3 Å². The van der Waals surface area contributed by atoms with Crippen LogP contribution in [-0.2, 0) is 0 Å². The topological polar surface area (TPSA) is 41.6 Å². The van der Waals surface area contributed by atoms with E-state index in [9.17, 15) is 0 Å². The van der Waals surface area contributed by atoms with Crippen molar-refractivity contribution in [2.24, 2.45) is 11.8 Å². The summed E-state index contributed by atoms with van der Waals surface area (Å²) in [7, 11) is 0. The lowest BCUT2D eigenvalue weighted by atomic mass is 9.88. The molecule has 3 unspecified atom stereocenters. The van der Waals surface area contributed by atoms with E-state index in [4.69, 9.17) is 4.98 Å². The van der Waals surface area contributed by atoms with E-state index in [1.807, 2.05) is 0 Å². The molecule has 0 saturated heterocycles. The minimum Gasteiger partial charge on any atom is -0.263 e. The Hall–Kier alpha value is -0.860. The van der Waals surface area contributed by atoms with E-state index >= 15 is 0 Å². The molecule has 1 N–H and O–H groups in total. The number of hydrogen-bond acceptors (Lipinski definition) is 2. The number of rotatable bonds is 2. The fourth-order valence-electron chi connectivity index (χ4n) is 3.56. The second-order valence-corrected chi connectivity index (χ2v) is 5.63. The summed E-state index contributed by atoms with van der Waals surface area (Å²) in [5.41, 5.74) is 0. The summed E-state index contributed by atoms with van der Waals surface area (Å²) in [4.78, 5) is 4.71. The van der Waals surface area contributed by atoms with Crippen LogP contribution in [0.3, 0.4) is 0 Å². The molecule has 0 aliphatic heterocycles. The SMILES string of the molecule is C1CC2CC1CC2c1nc(C2CC2)n[nH]1. The van der Waals surface area contributed by atoms with Crippen LogP contribution >= 0.6 is 0 Å². The summed E-state index contributed by atoms with van der Waals surface area (Å²) >= 11 is 0. The third kappa shape index (κ3) is 1.25. The molecule has 3 nitrogen and oxygen atoms in total. The molecule has 80 valence electrons. The average Bonchev–Trinajstić information content (AvgIpc) is 2.74. The van der Waals surface area contributed by atoms with Crippen molar-refractivity contribution >= 4 is 0 Å². The van der Waals surface area contributed by atoms with Crippen molar-refractivity contribution in [1.82, 2.24) is 15.2 Å². The molecular formula is C12H17N3. The van der Waals surface area contributed by atoms with Crippen molar-refractivity contribution in [2.75, 3.05) is 0 Å². The number of aromatic nitrogens is 3. The summed E-state index contributed by atoms with van der Waals surface area (Å²) in [6.45, 7) is 0. The van der Waals surface area contributed by atoms with Gasteiger partial charge in [0.1, 0.15) is 5.82 Å². The predicted octanol–water partition coefficient (Wildman–Crippen LogP) is 2.59. The van der Waals surface area contributed by atoms with E-state index < -0.39 is 0 Å². The molecule has 3 aliphatic carbocycles. The summed E-state index contributed by atoms with van der Waals surface area (Å²) in [6, 6.07) is 0. The first-order chi connectivity index (χ1) is 7.40. The number of nitrogens with one attached hydrogen (secondary N) is 1. The molecule has 3 heteroatoms. The van der Waals surface area contributed by atoms with Crippen LogP contribution < -0.4 is 0 Å². The van der Waals surface area contributed by atoms with Crippen LogP contribution in [0.1, 0.15) is 62.0 Å². The fourth-order valence-corrected chi connectivity index (χ4v) is 3.56. The smallest absolute Gasteiger partial charge is 0.153 e. The summed E-state index contributed by atoms with van der Waals surface area (Å²) < 4.78 is 0. The molecule has 3 fully saturated rings. The Kier molecular flexibility index (Phi) is 1.57. The van der Waals surface area contributed by atoms with Crippen LogP contribution in [0, 0.1) is 11.8 Å². The van der Waals surface area contributed by atoms with Crippen LogP contribution in [-0.4, -0.2) is 15.2 Å². The van der Waals surface area contributed by atoms with Gasteiger partial charge < -0.3 is 0 Å². The lowest BCUT2D eigenvalue weighted by molar-refractivity contribution is 0.406. The molecule has 0 amide bonds. The second-order valence-electron chi connectivity index (χ2n) is 5.63. The monoisotopic (exact) mass is 203 g/mol. The van der Waals surface area contributed by atoms with Gasteiger partial charge in [-0.05, 0) is 43.9 Å². The van der Waals surface area contributed by atoms with Gasteiger partial charge in [0.05, 0.1) is 0 Å². The second kappa shape index (κ2) is 2.83. The van der Waals surface area contributed by atoms with E-state index in [0.29, 0.717) is 11.8 Å². The molecule has 3 atom stereocenters. The third-order valence-corrected chi connectivity index (χ3v) is 4.55.